The highest BCUT2D eigenvalue weighted by Crippen LogP contribution is 2.18. The van der Waals surface area contributed by atoms with Crippen LogP contribution in [0.2, 0.25) is 5.02 Å². The van der Waals surface area contributed by atoms with Crippen LogP contribution in [0, 0.1) is 6.92 Å². The van der Waals surface area contributed by atoms with Crippen molar-refractivity contribution in [3.8, 4) is 5.69 Å². The van der Waals surface area contributed by atoms with E-state index in [2.05, 4.69) is 20.8 Å². The highest BCUT2D eigenvalue weighted by Gasteiger charge is 2.10. The number of aromatic nitrogens is 3. The molecule has 100 valence electrons. The van der Waals surface area contributed by atoms with E-state index in [1.54, 1.807) is 31.2 Å². The number of anilines is 1. The van der Waals surface area contributed by atoms with Crippen LogP contribution in [-0.2, 0) is 0 Å². The summed E-state index contributed by atoms with van der Waals surface area (Å²) in [4.78, 5) is 20.1. The van der Waals surface area contributed by atoms with Gasteiger partial charge in [0.2, 0.25) is 5.95 Å². The van der Waals surface area contributed by atoms with Crippen LogP contribution in [0.25, 0.3) is 5.69 Å². The molecule has 1 heterocycles. The van der Waals surface area contributed by atoms with Gasteiger partial charge in [-0.3, -0.25) is 5.43 Å². The smallest absolute Gasteiger partial charge is 0.289 e. The molecule has 6 nitrogen and oxygen atoms in total. The molecule has 2 aromatic rings. The van der Waals surface area contributed by atoms with E-state index < -0.39 is 5.69 Å². The van der Waals surface area contributed by atoms with Crippen molar-refractivity contribution >= 4 is 17.5 Å². The average molecular weight is 280 g/mol. The largest absolute Gasteiger partial charge is 0.356 e. The molecule has 0 spiro atoms. The normalized spacial score (nSPS) is 10.5. The molecule has 0 fully saturated rings. The summed E-state index contributed by atoms with van der Waals surface area (Å²) in [5.41, 5.74) is 5.73. The molecular formula is C12H14ClN5O. The molecule has 0 aliphatic rings. The highest BCUT2D eigenvalue weighted by molar-refractivity contribution is 6.32. The number of nitrogens with one attached hydrogen (secondary N) is 2. The van der Waals surface area contributed by atoms with E-state index in [0.717, 1.165) is 0 Å². The van der Waals surface area contributed by atoms with E-state index in [1.165, 1.54) is 4.57 Å². The Bertz CT molecular complexity index is 640. The average Bonchev–Trinajstić information content (AvgIpc) is 2.38. The second kappa shape index (κ2) is 5.81. The lowest BCUT2D eigenvalue weighted by molar-refractivity contribution is 0.772. The topological polar surface area (TPSA) is 71.8 Å². The third kappa shape index (κ3) is 2.91. The molecule has 0 unspecified atom stereocenters. The van der Waals surface area contributed by atoms with Gasteiger partial charge in [-0.05, 0) is 19.1 Å². The number of hydrogen-bond acceptors (Lipinski definition) is 5. The molecule has 1 aromatic heterocycles. The van der Waals surface area contributed by atoms with Gasteiger partial charge in [0.25, 0.3) is 0 Å². The van der Waals surface area contributed by atoms with Crippen LogP contribution in [0.4, 0.5) is 5.95 Å². The number of nitrogens with zero attached hydrogens (tertiary/aromatic N) is 3. The van der Waals surface area contributed by atoms with Gasteiger partial charge in [-0.25, -0.2) is 14.8 Å². The van der Waals surface area contributed by atoms with Crippen LogP contribution in [0.3, 0.4) is 0 Å². The number of aryl methyl sites for hydroxylation is 1. The Morgan fingerprint density at radius 1 is 1.32 bits per heavy atom. The summed E-state index contributed by atoms with van der Waals surface area (Å²) in [5.74, 6) is 0.751. The maximum absolute atomic E-state index is 12.1. The predicted molar refractivity (Wildman–Crippen MR) is 74.7 cm³/mol. The summed E-state index contributed by atoms with van der Waals surface area (Å²) in [6.45, 7) is 4.34. The van der Waals surface area contributed by atoms with E-state index in [9.17, 15) is 4.79 Å². The van der Waals surface area contributed by atoms with Crippen molar-refractivity contribution in [2.24, 2.45) is 0 Å². The van der Waals surface area contributed by atoms with Crippen molar-refractivity contribution in [2.75, 3.05) is 12.0 Å². The SMILES string of the molecule is CCNNc1nc(C)n(-c2ccccc2Cl)c(=O)n1. The molecular weight excluding hydrogens is 266 g/mol. The van der Waals surface area contributed by atoms with Gasteiger partial charge in [0.1, 0.15) is 5.82 Å². The van der Waals surface area contributed by atoms with Gasteiger partial charge >= 0.3 is 5.69 Å². The van der Waals surface area contributed by atoms with Crippen molar-refractivity contribution in [3.63, 3.8) is 0 Å². The predicted octanol–water partition coefficient (Wildman–Crippen LogP) is 1.53. The molecule has 1 aromatic carbocycles. The lowest BCUT2D eigenvalue weighted by Gasteiger charge is -2.11. The second-order valence-corrected chi connectivity index (χ2v) is 4.23. The Morgan fingerprint density at radius 2 is 2.05 bits per heavy atom. The number of hydrogen-bond donors (Lipinski definition) is 2. The van der Waals surface area contributed by atoms with Gasteiger partial charge in [0.05, 0.1) is 10.7 Å². The summed E-state index contributed by atoms with van der Waals surface area (Å²) in [5, 5.41) is 0.476. The van der Waals surface area contributed by atoms with Gasteiger partial charge in [0, 0.05) is 6.54 Å². The third-order valence-corrected chi connectivity index (χ3v) is 2.77. The molecule has 0 aliphatic heterocycles. The fourth-order valence-electron chi connectivity index (χ4n) is 1.64. The Labute approximate surface area is 115 Å². The summed E-state index contributed by atoms with van der Waals surface area (Å²) >= 11 is 6.08. The standard InChI is InChI=1S/C12H14ClN5O/c1-3-14-17-11-15-8(2)18(12(19)16-11)10-7-5-4-6-9(10)13/h4-7,14H,3H2,1-2H3,(H,16,17,19). The van der Waals surface area contributed by atoms with Gasteiger partial charge in [-0.2, -0.15) is 9.97 Å². The van der Waals surface area contributed by atoms with Crippen molar-refractivity contribution in [1.82, 2.24) is 20.0 Å². The van der Waals surface area contributed by atoms with E-state index in [1.807, 2.05) is 6.92 Å². The summed E-state index contributed by atoms with van der Waals surface area (Å²) in [7, 11) is 0. The molecule has 0 radical (unpaired) electrons. The maximum atomic E-state index is 12.1. The summed E-state index contributed by atoms with van der Waals surface area (Å²) in [6, 6.07) is 7.07. The molecule has 0 saturated heterocycles. The number of para-hydroxylation sites is 1. The fourth-order valence-corrected chi connectivity index (χ4v) is 1.86. The van der Waals surface area contributed by atoms with Crippen molar-refractivity contribution in [2.45, 2.75) is 13.8 Å². The zero-order valence-corrected chi connectivity index (χ0v) is 11.4. The Morgan fingerprint density at radius 3 is 2.68 bits per heavy atom. The van der Waals surface area contributed by atoms with Crippen LogP contribution in [-0.4, -0.2) is 21.1 Å². The number of rotatable bonds is 4. The van der Waals surface area contributed by atoms with E-state index >= 15 is 0 Å². The van der Waals surface area contributed by atoms with Gasteiger partial charge in [-0.15, -0.1) is 0 Å². The lowest BCUT2D eigenvalue weighted by atomic mass is 10.3. The first kappa shape index (κ1) is 13.5. The van der Waals surface area contributed by atoms with Gasteiger partial charge < -0.3 is 0 Å². The summed E-state index contributed by atoms with van der Waals surface area (Å²) < 4.78 is 1.37. The number of halogens is 1. The van der Waals surface area contributed by atoms with E-state index in [4.69, 9.17) is 11.6 Å². The van der Waals surface area contributed by atoms with Crippen LogP contribution in [0.15, 0.2) is 29.1 Å². The first-order chi connectivity index (χ1) is 9.13. The molecule has 7 heteroatoms. The molecule has 0 aliphatic carbocycles. The minimum atomic E-state index is -0.430. The molecule has 2 rings (SSSR count). The van der Waals surface area contributed by atoms with Crippen molar-refractivity contribution < 1.29 is 0 Å². The second-order valence-electron chi connectivity index (χ2n) is 3.82. The third-order valence-electron chi connectivity index (χ3n) is 2.45. The Kier molecular flexibility index (Phi) is 4.13. The van der Waals surface area contributed by atoms with Crippen molar-refractivity contribution in [1.29, 1.82) is 0 Å². The van der Waals surface area contributed by atoms with E-state index in [-0.39, 0.29) is 5.95 Å². The Balaban J connectivity index is 2.49. The Hall–Kier alpha value is -1.92. The van der Waals surface area contributed by atoms with E-state index in [0.29, 0.717) is 23.1 Å². The minimum Gasteiger partial charge on any atom is -0.289 e. The van der Waals surface area contributed by atoms with Crippen LogP contribution < -0.4 is 16.5 Å². The highest BCUT2D eigenvalue weighted by atomic mass is 35.5. The molecule has 0 saturated carbocycles. The first-order valence-corrected chi connectivity index (χ1v) is 6.22. The van der Waals surface area contributed by atoms with Gasteiger partial charge in [-0.1, -0.05) is 30.7 Å². The van der Waals surface area contributed by atoms with Crippen LogP contribution in [0.1, 0.15) is 12.7 Å². The summed E-state index contributed by atoms with van der Waals surface area (Å²) in [6.07, 6.45) is 0. The van der Waals surface area contributed by atoms with Crippen LogP contribution in [0.5, 0.6) is 0 Å². The zero-order chi connectivity index (χ0) is 13.8. The number of hydrazine groups is 1. The molecule has 0 bridgehead atoms. The maximum Gasteiger partial charge on any atom is 0.356 e. The lowest BCUT2D eigenvalue weighted by Crippen LogP contribution is -2.30. The van der Waals surface area contributed by atoms with Crippen molar-refractivity contribution in [3.05, 3.63) is 45.6 Å². The molecule has 0 amide bonds. The minimum absolute atomic E-state index is 0.243. The molecule has 19 heavy (non-hydrogen) atoms. The number of benzene rings is 1. The zero-order valence-electron chi connectivity index (χ0n) is 10.6. The fraction of sp³-hybridized carbons (Fsp3) is 0.250. The molecule has 2 N–H and O–H groups in total. The quantitative estimate of drug-likeness (QED) is 0.831. The first-order valence-electron chi connectivity index (χ1n) is 5.85. The van der Waals surface area contributed by atoms with Crippen LogP contribution >= 0.6 is 11.6 Å². The molecule has 0 atom stereocenters. The monoisotopic (exact) mass is 279 g/mol. The van der Waals surface area contributed by atoms with Gasteiger partial charge in [0.15, 0.2) is 0 Å².